The Morgan fingerprint density at radius 1 is 1.00 bits per heavy atom. The van der Waals surface area contributed by atoms with Gasteiger partial charge >= 0.3 is 0 Å². The molecule has 1 fully saturated rings. The van der Waals surface area contributed by atoms with Gasteiger partial charge in [-0.15, -0.1) is 11.8 Å². The van der Waals surface area contributed by atoms with Crippen molar-refractivity contribution < 1.29 is 9.53 Å². The Morgan fingerprint density at radius 3 is 2.49 bits per heavy atom. The van der Waals surface area contributed by atoms with Crippen molar-refractivity contribution in [3.63, 3.8) is 0 Å². The van der Waals surface area contributed by atoms with Gasteiger partial charge in [-0.25, -0.2) is 4.98 Å². The van der Waals surface area contributed by atoms with Crippen molar-refractivity contribution in [1.29, 1.82) is 0 Å². The van der Waals surface area contributed by atoms with E-state index < -0.39 is 0 Å². The summed E-state index contributed by atoms with van der Waals surface area (Å²) in [5.41, 5.74) is 3.43. The van der Waals surface area contributed by atoms with Gasteiger partial charge in [-0.05, 0) is 54.6 Å². The van der Waals surface area contributed by atoms with Crippen LogP contribution in [0.2, 0.25) is 0 Å². The number of carbonyl (C=O) groups is 1. The highest BCUT2D eigenvalue weighted by Crippen LogP contribution is 2.35. The molecule has 1 N–H and O–H groups in total. The third-order valence-electron chi connectivity index (χ3n) is 7.34. The summed E-state index contributed by atoms with van der Waals surface area (Å²) in [6.07, 6.45) is 3.82. The summed E-state index contributed by atoms with van der Waals surface area (Å²) in [5, 5.41) is 4.12. The number of benzene rings is 2. The van der Waals surface area contributed by atoms with E-state index in [9.17, 15) is 4.79 Å². The fraction of sp³-hybridized carbons (Fsp3) is 0.355. The summed E-state index contributed by atoms with van der Waals surface area (Å²) >= 11 is 1.62. The summed E-state index contributed by atoms with van der Waals surface area (Å²) in [6, 6.07) is 18.0. The Morgan fingerprint density at radius 2 is 1.77 bits per heavy atom. The normalized spacial score (nSPS) is 14.6. The SMILES string of the molecule is CSc1ccc(C(C)(C)C)cc1NC(=O)c1cc2cccc(Oc3ccnc(N4CCN(C)CC4)c3)c2n1C. The monoisotopic (exact) mass is 543 g/mol. The Kier molecular flexibility index (Phi) is 7.60. The number of thioether (sulfide) groups is 1. The van der Waals surface area contributed by atoms with Gasteiger partial charge in [-0.3, -0.25) is 4.79 Å². The number of amides is 1. The Balaban J connectivity index is 1.42. The number of pyridine rings is 1. The first-order chi connectivity index (χ1) is 18.6. The number of hydrogen-bond acceptors (Lipinski definition) is 6. The van der Waals surface area contributed by atoms with Crippen LogP contribution in [0.4, 0.5) is 11.5 Å². The smallest absolute Gasteiger partial charge is 0.272 e. The number of aromatic nitrogens is 2. The third-order valence-corrected chi connectivity index (χ3v) is 8.13. The molecule has 4 aromatic rings. The fourth-order valence-corrected chi connectivity index (χ4v) is 5.47. The van der Waals surface area contributed by atoms with Crippen molar-refractivity contribution in [2.75, 3.05) is 49.7 Å². The van der Waals surface area contributed by atoms with Gasteiger partial charge in [0.2, 0.25) is 0 Å². The van der Waals surface area contributed by atoms with Crippen molar-refractivity contribution in [2.24, 2.45) is 7.05 Å². The quantitative estimate of drug-likeness (QED) is 0.285. The van der Waals surface area contributed by atoms with E-state index in [2.05, 4.69) is 66.1 Å². The average molecular weight is 544 g/mol. The van der Waals surface area contributed by atoms with Crippen LogP contribution in [0.5, 0.6) is 11.5 Å². The fourth-order valence-electron chi connectivity index (χ4n) is 4.94. The van der Waals surface area contributed by atoms with Crippen LogP contribution < -0.4 is 15.0 Å². The van der Waals surface area contributed by atoms with Crippen molar-refractivity contribution in [1.82, 2.24) is 14.5 Å². The molecule has 0 radical (unpaired) electrons. The Labute approximate surface area is 235 Å². The van der Waals surface area contributed by atoms with E-state index in [4.69, 9.17) is 4.74 Å². The topological polar surface area (TPSA) is 62.6 Å². The Hall–Kier alpha value is -3.49. The minimum absolute atomic E-state index is 0.0144. The van der Waals surface area contributed by atoms with E-state index in [1.54, 1.807) is 18.0 Å². The van der Waals surface area contributed by atoms with E-state index in [1.165, 1.54) is 5.56 Å². The second-order valence-electron chi connectivity index (χ2n) is 11.1. The van der Waals surface area contributed by atoms with Crippen LogP contribution in [0.15, 0.2) is 65.7 Å². The molecule has 0 bridgehead atoms. The zero-order valence-electron chi connectivity index (χ0n) is 23.6. The minimum atomic E-state index is -0.151. The second-order valence-corrected chi connectivity index (χ2v) is 12.0. The first kappa shape index (κ1) is 27.1. The molecule has 1 saturated heterocycles. The number of likely N-dealkylation sites (N-methyl/N-ethyl adjacent to an activating group) is 1. The molecule has 0 aliphatic carbocycles. The van der Waals surface area contributed by atoms with Gasteiger partial charge in [0.05, 0.1) is 11.2 Å². The van der Waals surface area contributed by atoms with Gasteiger partial charge in [0.25, 0.3) is 5.91 Å². The largest absolute Gasteiger partial charge is 0.455 e. The molecule has 39 heavy (non-hydrogen) atoms. The number of nitrogens with one attached hydrogen (secondary N) is 1. The van der Waals surface area contributed by atoms with Crippen LogP contribution in [-0.2, 0) is 12.5 Å². The number of fused-ring (bicyclic) bond motifs is 1. The number of rotatable bonds is 6. The van der Waals surface area contributed by atoms with Gasteiger partial charge in [0.15, 0.2) is 5.75 Å². The minimum Gasteiger partial charge on any atom is -0.455 e. The standard InChI is InChI=1S/C31H37N5O2S/c1-31(2,3)22-10-11-27(39-6)24(19-22)33-30(37)25-18-21-8-7-9-26(29(21)35(25)5)38-23-12-13-32-28(20-23)36-16-14-34(4)15-17-36/h7-13,18-20H,14-17H2,1-6H3,(H,33,37). The number of aryl methyl sites for hydroxylation is 1. The molecule has 0 spiro atoms. The molecule has 1 aliphatic rings. The van der Waals surface area contributed by atoms with Crippen LogP contribution in [0.1, 0.15) is 36.8 Å². The van der Waals surface area contributed by atoms with E-state index >= 15 is 0 Å². The van der Waals surface area contributed by atoms with Crippen LogP contribution in [0.3, 0.4) is 0 Å². The van der Waals surface area contributed by atoms with Gasteiger partial charge in [-0.1, -0.05) is 39.0 Å². The van der Waals surface area contributed by atoms with Gasteiger partial charge in [0.1, 0.15) is 17.3 Å². The van der Waals surface area contributed by atoms with E-state index in [0.717, 1.165) is 59.2 Å². The van der Waals surface area contributed by atoms with Crippen LogP contribution in [-0.4, -0.2) is 59.8 Å². The highest BCUT2D eigenvalue weighted by atomic mass is 32.2. The van der Waals surface area contributed by atoms with E-state index in [0.29, 0.717) is 11.4 Å². The first-order valence-electron chi connectivity index (χ1n) is 13.3. The molecular formula is C31H37N5O2S. The molecule has 0 unspecified atom stereocenters. The zero-order valence-corrected chi connectivity index (χ0v) is 24.4. The lowest BCUT2D eigenvalue weighted by Crippen LogP contribution is -2.44. The molecule has 0 atom stereocenters. The first-order valence-corrected chi connectivity index (χ1v) is 14.5. The number of ether oxygens (including phenoxy) is 1. The molecule has 1 amide bonds. The molecule has 5 rings (SSSR count). The predicted molar refractivity (Wildman–Crippen MR) is 162 cm³/mol. The maximum absolute atomic E-state index is 13.5. The van der Waals surface area contributed by atoms with Crippen LogP contribution >= 0.6 is 11.8 Å². The van der Waals surface area contributed by atoms with Crippen molar-refractivity contribution in [3.05, 3.63) is 72.1 Å². The molecule has 0 saturated carbocycles. The number of carbonyl (C=O) groups excluding carboxylic acids is 1. The predicted octanol–water partition coefficient (Wildman–Crippen LogP) is 6.39. The lowest BCUT2D eigenvalue weighted by atomic mass is 9.87. The molecule has 3 heterocycles. The molecule has 204 valence electrons. The summed E-state index contributed by atoms with van der Waals surface area (Å²) < 4.78 is 8.30. The molecule has 7 nitrogen and oxygen atoms in total. The van der Waals surface area contributed by atoms with Crippen LogP contribution in [0, 0.1) is 0 Å². The number of nitrogens with zero attached hydrogens (tertiary/aromatic N) is 4. The van der Waals surface area contributed by atoms with Crippen LogP contribution in [0.25, 0.3) is 10.9 Å². The number of piperazine rings is 1. The van der Waals surface area contributed by atoms with Crippen molar-refractivity contribution in [3.8, 4) is 11.5 Å². The summed E-state index contributed by atoms with van der Waals surface area (Å²) in [4.78, 5) is 23.8. The van der Waals surface area contributed by atoms with Crippen molar-refractivity contribution in [2.45, 2.75) is 31.1 Å². The summed E-state index contributed by atoms with van der Waals surface area (Å²) in [6.45, 7) is 10.4. The number of para-hydroxylation sites is 1. The maximum Gasteiger partial charge on any atom is 0.272 e. The van der Waals surface area contributed by atoms with Gasteiger partial charge < -0.3 is 24.4 Å². The highest BCUT2D eigenvalue weighted by molar-refractivity contribution is 7.98. The molecule has 1 aliphatic heterocycles. The molecular weight excluding hydrogens is 506 g/mol. The lowest BCUT2D eigenvalue weighted by molar-refractivity contribution is 0.101. The average Bonchev–Trinajstić information content (AvgIpc) is 3.26. The van der Waals surface area contributed by atoms with Gasteiger partial charge in [0, 0.05) is 55.8 Å². The van der Waals surface area contributed by atoms with Crippen molar-refractivity contribution >= 4 is 40.1 Å². The molecule has 8 heteroatoms. The summed E-state index contributed by atoms with van der Waals surface area (Å²) in [7, 11) is 4.05. The Bertz CT molecular complexity index is 1500. The zero-order chi connectivity index (χ0) is 27.7. The highest BCUT2D eigenvalue weighted by Gasteiger charge is 2.21. The number of hydrogen-bond donors (Lipinski definition) is 1. The maximum atomic E-state index is 13.5. The van der Waals surface area contributed by atoms with E-state index in [-0.39, 0.29) is 11.3 Å². The van der Waals surface area contributed by atoms with Gasteiger partial charge in [-0.2, -0.15) is 0 Å². The molecule has 2 aromatic heterocycles. The molecule has 2 aromatic carbocycles. The summed E-state index contributed by atoms with van der Waals surface area (Å²) in [5.74, 6) is 2.19. The van der Waals surface area contributed by atoms with E-state index in [1.807, 2.05) is 54.3 Å². The second kappa shape index (κ2) is 10.9. The third kappa shape index (κ3) is 5.77. The lowest BCUT2D eigenvalue weighted by Gasteiger charge is -2.33. The number of anilines is 2.